The summed E-state index contributed by atoms with van der Waals surface area (Å²) in [5, 5.41) is 21.0. The standard InChI is InChI=1S/C22H19N3O6/c1-3-30-22(26)19-18(13-4-8-15(9-5-13)25(27)28)17(12-23)20(31-21(19)24)14-6-10-16(29-2)11-7-14/h4-11,18H,3,24H2,1-2H3. The lowest BCUT2D eigenvalue weighted by molar-refractivity contribution is -0.384. The van der Waals surface area contributed by atoms with Crippen LogP contribution in [0.1, 0.15) is 24.0 Å². The van der Waals surface area contributed by atoms with E-state index in [-0.39, 0.29) is 35.1 Å². The molecular formula is C22H19N3O6. The number of nitrogens with two attached hydrogens (primary N) is 1. The second-order valence-corrected chi connectivity index (χ2v) is 6.47. The number of esters is 1. The van der Waals surface area contributed by atoms with Crippen LogP contribution in [-0.4, -0.2) is 24.6 Å². The topological polar surface area (TPSA) is 138 Å². The van der Waals surface area contributed by atoms with E-state index in [1.165, 1.54) is 31.4 Å². The van der Waals surface area contributed by atoms with Gasteiger partial charge in [0, 0.05) is 17.7 Å². The van der Waals surface area contributed by atoms with Gasteiger partial charge in [0.2, 0.25) is 5.88 Å². The lowest BCUT2D eigenvalue weighted by Gasteiger charge is -2.28. The molecule has 9 nitrogen and oxygen atoms in total. The molecular weight excluding hydrogens is 402 g/mol. The largest absolute Gasteiger partial charge is 0.497 e. The molecule has 0 radical (unpaired) electrons. The predicted molar refractivity (Wildman–Crippen MR) is 110 cm³/mol. The summed E-state index contributed by atoms with van der Waals surface area (Å²) in [6.07, 6.45) is 0. The maximum absolute atomic E-state index is 12.7. The Balaban J connectivity index is 2.19. The van der Waals surface area contributed by atoms with Crippen molar-refractivity contribution in [3.05, 3.63) is 86.8 Å². The van der Waals surface area contributed by atoms with Crippen LogP contribution in [0.4, 0.5) is 5.69 Å². The molecule has 1 heterocycles. The van der Waals surface area contributed by atoms with Gasteiger partial charge in [-0.05, 0) is 36.8 Å². The van der Waals surface area contributed by atoms with E-state index >= 15 is 0 Å². The van der Waals surface area contributed by atoms with Crippen LogP contribution in [0.25, 0.3) is 5.76 Å². The van der Waals surface area contributed by atoms with Crippen LogP contribution < -0.4 is 10.5 Å². The van der Waals surface area contributed by atoms with E-state index in [9.17, 15) is 20.2 Å². The van der Waals surface area contributed by atoms with E-state index < -0.39 is 16.8 Å². The number of rotatable bonds is 6. The third kappa shape index (κ3) is 4.18. The van der Waals surface area contributed by atoms with Crippen LogP contribution in [0.15, 0.2) is 65.6 Å². The van der Waals surface area contributed by atoms with Crippen molar-refractivity contribution in [1.82, 2.24) is 0 Å². The van der Waals surface area contributed by atoms with Crippen LogP contribution in [-0.2, 0) is 14.3 Å². The summed E-state index contributed by atoms with van der Waals surface area (Å²) in [6, 6.07) is 14.4. The first-order valence-electron chi connectivity index (χ1n) is 9.28. The van der Waals surface area contributed by atoms with Gasteiger partial charge in [-0.15, -0.1) is 0 Å². The predicted octanol–water partition coefficient (Wildman–Crippen LogP) is 3.39. The summed E-state index contributed by atoms with van der Waals surface area (Å²) in [4.78, 5) is 23.1. The molecule has 2 aromatic carbocycles. The maximum Gasteiger partial charge on any atom is 0.340 e. The number of nitro groups is 1. The number of methoxy groups -OCH3 is 1. The summed E-state index contributed by atoms with van der Waals surface area (Å²) in [7, 11) is 1.53. The van der Waals surface area contributed by atoms with Crippen molar-refractivity contribution < 1.29 is 23.9 Å². The monoisotopic (exact) mass is 421 g/mol. The SMILES string of the molecule is CCOC(=O)C1=C(N)OC(c2ccc(OC)cc2)=C(C#N)C1c1ccc([N+](=O)[O-])cc1. The first kappa shape index (κ1) is 21.4. The fourth-order valence-electron chi connectivity index (χ4n) is 3.26. The number of benzene rings is 2. The zero-order valence-electron chi connectivity index (χ0n) is 16.8. The Labute approximate surface area is 178 Å². The first-order chi connectivity index (χ1) is 14.9. The molecule has 0 aromatic heterocycles. The van der Waals surface area contributed by atoms with Gasteiger partial charge < -0.3 is 19.9 Å². The van der Waals surface area contributed by atoms with Crippen LogP contribution in [0.2, 0.25) is 0 Å². The third-order valence-electron chi connectivity index (χ3n) is 4.70. The molecule has 1 aliphatic rings. The lowest BCUT2D eigenvalue weighted by atomic mass is 9.82. The van der Waals surface area contributed by atoms with Gasteiger partial charge in [0.1, 0.15) is 11.3 Å². The van der Waals surface area contributed by atoms with Gasteiger partial charge in [-0.1, -0.05) is 12.1 Å². The van der Waals surface area contributed by atoms with Crippen molar-refractivity contribution in [2.75, 3.05) is 13.7 Å². The van der Waals surface area contributed by atoms with E-state index in [0.717, 1.165) is 0 Å². The number of allylic oxidation sites excluding steroid dienone is 1. The molecule has 0 saturated carbocycles. The van der Waals surface area contributed by atoms with Gasteiger partial charge in [0.25, 0.3) is 5.69 Å². The zero-order valence-corrected chi connectivity index (χ0v) is 16.8. The highest BCUT2D eigenvalue weighted by Crippen LogP contribution is 2.43. The van der Waals surface area contributed by atoms with E-state index in [2.05, 4.69) is 6.07 Å². The number of nitriles is 1. The number of non-ortho nitro benzene ring substituents is 1. The molecule has 0 fully saturated rings. The second-order valence-electron chi connectivity index (χ2n) is 6.47. The number of carbonyl (C=O) groups excluding carboxylic acids is 1. The Hall–Kier alpha value is -4.32. The number of hydrogen-bond acceptors (Lipinski definition) is 8. The van der Waals surface area contributed by atoms with Crippen LogP contribution >= 0.6 is 0 Å². The fourth-order valence-corrected chi connectivity index (χ4v) is 3.26. The number of ether oxygens (including phenoxy) is 3. The Morgan fingerprint density at radius 3 is 2.39 bits per heavy atom. The van der Waals surface area contributed by atoms with Gasteiger partial charge in [-0.2, -0.15) is 5.26 Å². The smallest absolute Gasteiger partial charge is 0.340 e. The van der Waals surface area contributed by atoms with Crippen molar-refractivity contribution >= 4 is 17.4 Å². The highest BCUT2D eigenvalue weighted by molar-refractivity contribution is 5.94. The van der Waals surface area contributed by atoms with Gasteiger partial charge in [0.15, 0.2) is 5.76 Å². The average molecular weight is 421 g/mol. The summed E-state index contributed by atoms with van der Waals surface area (Å²) in [5.74, 6) is -1.06. The molecule has 0 bridgehead atoms. The van der Waals surface area contributed by atoms with E-state index in [1.54, 1.807) is 31.2 Å². The molecule has 0 aliphatic carbocycles. The van der Waals surface area contributed by atoms with E-state index in [4.69, 9.17) is 19.9 Å². The Bertz CT molecular complexity index is 1110. The molecule has 1 unspecified atom stereocenters. The van der Waals surface area contributed by atoms with E-state index in [1.807, 2.05) is 0 Å². The number of nitro benzene ring substituents is 1. The minimum atomic E-state index is -0.921. The Morgan fingerprint density at radius 2 is 1.87 bits per heavy atom. The van der Waals surface area contributed by atoms with Gasteiger partial charge in [-0.25, -0.2) is 4.79 Å². The Kier molecular flexibility index (Phi) is 6.21. The molecule has 31 heavy (non-hydrogen) atoms. The second kappa shape index (κ2) is 9.00. The lowest BCUT2D eigenvalue weighted by Crippen LogP contribution is -2.26. The molecule has 0 amide bonds. The molecule has 2 N–H and O–H groups in total. The average Bonchev–Trinajstić information content (AvgIpc) is 2.78. The van der Waals surface area contributed by atoms with Gasteiger partial charge in [0.05, 0.1) is 36.2 Å². The van der Waals surface area contributed by atoms with Gasteiger partial charge in [-0.3, -0.25) is 10.1 Å². The van der Waals surface area contributed by atoms with E-state index in [0.29, 0.717) is 16.9 Å². The van der Waals surface area contributed by atoms with Crippen molar-refractivity contribution in [1.29, 1.82) is 5.26 Å². The summed E-state index contributed by atoms with van der Waals surface area (Å²) in [6.45, 7) is 1.74. The molecule has 0 spiro atoms. The normalized spacial score (nSPS) is 15.7. The molecule has 3 rings (SSSR count). The van der Waals surface area contributed by atoms with Crippen LogP contribution in [0, 0.1) is 21.4 Å². The van der Waals surface area contributed by atoms with Crippen molar-refractivity contribution in [2.24, 2.45) is 5.73 Å². The van der Waals surface area contributed by atoms with Crippen molar-refractivity contribution in [3.8, 4) is 11.8 Å². The third-order valence-corrected chi connectivity index (χ3v) is 4.70. The van der Waals surface area contributed by atoms with Crippen molar-refractivity contribution in [3.63, 3.8) is 0 Å². The van der Waals surface area contributed by atoms with Crippen LogP contribution in [0.5, 0.6) is 5.75 Å². The summed E-state index contributed by atoms with van der Waals surface area (Å²) < 4.78 is 16.0. The molecule has 1 aliphatic heterocycles. The minimum Gasteiger partial charge on any atom is -0.497 e. The Morgan fingerprint density at radius 1 is 1.23 bits per heavy atom. The van der Waals surface area contributed by atoms with Crippen LogP contribution in [0.3, 0.4) is 0 Å². The molecule has 2 aromatic rings. The molecule has 1 atom stereocenters. The highest BCUT2D eigenvalue weighted by Gasteiger charge is 2.38. The zero-order chi connectivity index (χ0) is 22.5. The fraction of sp³-hybridized carbons (Fsp3) is 0.182. The molecule has 9 heteroatoms. The quantitative estimate of drug-likeness (QED) is 0.425. The maximum atomic E-state index is 12.7. The molecule has 158 valence electrons. The number of nitrogens with zero attached hydrogens (tertiary/aromatic N) is 2. The van der Waals surface area contributed by atoms with Gasteiger partial charge >= 0.3 is 5.97 Å². The number of hydrogen-bond donors (Lipinski definition) is 1. The summed E-state index contributed by atoms with van der Waals surface area (Å²) in [5.41, 5.74) is 7.07. The minimum absolute atomic E-state index is 0.0375. The molecule has 0 saturated heterocycles. The van der Waals surface area contributed by atoms with Crippen molar-refractivity contribution in [2.45, 2.75) is 12.8 Å². The summed E-state index contributed by atoms with van der Waals surface area (Å²) >= 11 is 0. The number of carbonyl (C=O) groups is 1. The first-order valence-corrected chi connectivity index (χ1v) is 9.28. The highest BCUT2D eigenvalue weighted by atomic mass is 16.6.